The fourth-order valence-electron chi connectivity index (χ4n) is 3.77. The molecule has 0 atom stereocenters. The van der Waals surface area contributed by atoms with E-state index in [-0.39, 0.29) is 11.4 Å². The molecule has 7 heteroatoms. The lowest BCUT2D eigenvalue weighted by molar-refractivity contribution is 0.628. The van der Waals surface area contributed by atoms with Crippen LogP contribution in [0.25, 0.3) is 15.9 Å². The lowest BCUT2D eigenvalue weighted by Gasteiger charge is -2.12. The summed E-state index contributed by atoms with van der Waals surface area (Å²) in [6, 6.07) is 13.8. The lowest BCUT2D eigenvalue weighted by Crippen LogP contribution is -2.22. The van der Waals surface area contributed by atoms with Crippen molar-refractivity contribution in [1.82, 2.24) is 9.55 Å². The Hall–Kier alpha value is -3.32. The topological polar surface area (TPSA) is 59.3 Å². The quantitative estimate of drug-likeness (QED) is 0.381. The molecule has 0 spiro atoms. The normalized spacial score (nSPS) is 13.3. The van der Waals surface area contributed by atoms with Crippen LogP contribution in [0.15, 0.2) is 58.4 Å². The monoisotopic (exact) mass is 418 g/mol. The molecule has 30 heavy (non-hydrogen) atoms. The van der Waals surface area contributed by atoms with Gasteiger partial charge in [-0.15, -0.1) is 11.3 Å². The largest absolute Gasteiger partial charge is 0.268 e. The average molecular weight is 418 g/mol. The summed E-state index contributed by atoms with van der Waals surface area (Å²) >= 11 is 1.59. The standard InChI is InChI=1S/C23H19FN4OS/c1-14-5-11-17(12-6-14)28-22(29)20-18-3-2-4-19(18)30-21(20)26-23(28)27-25-13-15-7-9-16(24)10-8-15/h5-13H,2-4H2,1H3,(H,26,27)/b25-13+. The SMILES string of the molecule is Cc1ccc(-n2c(N/N=C/c3ccc(F)cc3)nc3sc4c(c3c2=O)CCC4)cc1. The second-order valence-corrected chi connectivity index (χ2v) is 8.45. The summed E-state index contributed by atoms with van der Waals surface area (Å²) in [6.07, 6.45) is 4.59. The molecule has 0 aliphatic heterocycles. The summed E-state index contributed by atoms with van der Waals surface area (Å²) in [5.74, 6) is 0.0563. The van der Waals surface area contributed by atoms with E-state index in [0.717, 1.165) is 51.9 Å². The van der Waals surface area contributed by atoms with Crippen LogP contribution < -0.4 is 11.0 Å². The molecule has 0 fully saturated rings. The molecule has 2 heterocycles. The van der Waals surface area contributed by atoms with Crippen LogP contribution in [0.3, 0.4) is 0 Å². The number of thiophene rings is 1. The van der Waals surface area contributed by atoms with Crippen molar-refractivity contribution < 1.29 is 4.39 Å². The van der Waals surface area contributed by atoms with Crippen LogP contribution in [0.2, 0.25) is 0 Å². The van der Waals surface area contributed by atoms with E-state index >= 15 is 0 Å². The third-order valence-electron chi connectivity index (χ3n) is 5.28. The third-order valence-corrected chi connectivity index (χ3v) is 6.46. The highest BCUT2D eigenvalue weighted by Gasteiger charge is 2.23. The van der Waals surface area contributed by atoms with Crippen molar-refractivity contribution >= 4 is 33.7 Å². The number of aromatic nitrogens is 2. The van der Waals surface area contributed by atoms with Crippen molar-refractivity contribution in [2.75, 3.05) is 5.43 Å². The number of hydrogen-bond acceptors (Lipinski definition) is 5. The molecule has 1 aliphatic rings. The highest BCUT2D eigenvalue weighted by molar-refractivity contribution is 7.18. The fourth-order valence-corrected chi connectivity index (χ4v) is 5.02. The van der Waals surface area contributed by atoms with Crippen molar-refractivity contribution in [3.8, 4) is 5.69 Å². The lowest BCUT2D eigenvalue weighted by atomic mass is 10.2. The van der Waals surface area contributed by atoms with E-state index in [2.05, 4.69) is 10.5 Å². The molecule has 4 aromatic rings. The highest BCUT2D eigenvalue weighted by atomic mass is 32.1. The van der Waals surface area contributed by atoms with Crippen molar-refractivity contribution in [2.45, 2.75) is 26.2 Å². The molecule has 0 saturated heterocycles. The Morgan fingerprint density at radius 1 is 1.13 bits per heavy atom. The van der Waals surface area contributed by atoms with Gasteiger partial charge in [0.1, 0.15) is 10.6 Å². The predicted octanol–water partition coefficient (Wildman–Crippen LogP) is 4.83. The first kappa shape index (κ1) is 18.7. The molecule has 1 aliphatic carbocycles. The van der Waals surface area contributed by atoms with Gasteiger partial charge in [0, 0.05) is 4.88 Å². The summed E-state index contributed by atoms with van der Waals surface area (Å²) in [6.45, 7) is 2.01. The molecule has 150 valence electrons. The van der Waals surface area contributed by atoms with Crippen LogP contribution in [0.1, 0.15) is 28.0 Å². The molecule has 2 aromatic carbocycles. The van der Waals surface area contributed by atoms with Gasteiger partial charge in [-0.25, -0.2) is 19.4 Å². The maximum absolute atomic E-state index is 13.5. The Kier molecular flexibility index (Phi) is 4.67. The number of hydrogen-bond donors (Lipinski definition) is 1. The number of rotatable bonds is 4. The summed E-state index contributed by atoms with van der Waals surface area (Å²) in [5, 5.41) is 4.96. The molecular formula is C23H19FN4OS. The minimum atomic E-state index is -0.300. The van der Waals surface area contributed by atoms with Crippen molar-refractivity contribution in [1.29, 1.82) is 0 Å². The number of hydrazone groups is 1. The molecule has 0 bridgehead atoms. The van der Waals surface area contributed by atoms with Crippen LogP contribution in [0.4, 0.5) is 10.3 Å². The Labute approximate surface area is 176 Å². The van der Waals surface area contributed by atoms with Crippen LogP contribution in [0, 0.1) is 12.7 Å². The molecule has 5 nitrogen and oxygen atoms in total. The van der Waals surface area contributed by atoms with Gasteiger partial charge in [-0.05, 0) is 61.6 Å². The van der Waals surface area contributed by atoms with Gasteiger partial charge in [-0.2, -0.15) is 5.10 Å². The molecule has 1 N–H and O–H groups in total. The van der Waals surface area contributed by atoms with E-state index in [9.17, 15) is 9.18 Å². The summed E-state index contributed by atoms with van der Waals surface area (Å²) in [4.78, 5) is 20.3. The second kappa shape index (κ2) is 7.50. The van der Waals surface area contributed by atoms with E-state index in [1.54, 1.807) is 34.3 Å². The van der Waals surface area contributed by atoms with Gasteiger partial charge in [0.2, 0.25) is 5.95 Å². The summed E-state index contributed by atoms with van der Waals surface area (Å²) in [5.41, 5.74) is 6.57. The van der Waals surface area contributed by atoms with E-state index in [4.69, 9.17) is 4.98 Å². The van der Waals surface area contributed by atoms with E-state index in [0.29, 0.717) is 5.95 Å². The fraction of sp³-hybridized carbons (Fsp3) is 0.174. The average Bonchev–Trinajstić information content (AvgIpc) is 3.31. The van der Waals surface area contributed by atoms with Crippen molar-refractivity contribution in [3.63, 3.8) is 0 Å². The molecule has 0 amide bonds. The maximum Gasteiger partial charge on any atom is 0.268 e. The highest BCUT2D eigenvalue weighted by Crippen LogP contribution is 2.35. The van der Waals surface area contributed by atoms with E-state index < -0.39 is 0 Å². The van der Waals surface area contributed by atoms with Crippen molar-refractivity contribution in [3.05, 3.63) is 86.3 Å². The Morgan fingerprint density at radius 3 is 2.67 bits per heavy atom. The van der Waals surface area contributed by atoms with Gasteiger partial charge < -0.3 is 0 Å². The number of nitrogens with zero attached hydrogens (tertiary/aromatic N) is 3. The number of halogens is 1. The smallest absolute Gasteiger partial charge is 0.268 e. The Bertz CT molecular complexity index is 1320. The van der Waals surface area contributed by atoms with Crippen LogP contribution >= 0.6 is 11.3 Å². The maximum atomic E-state index is 13.5. The zero-order chi connectivity index (χ0) is 20.7. The molecule has 0 unspecified atom stereocenters. The Morgan fingerprint density at radius 2 is 1.90 bits per heavy atom. The summed E-state index contributed by atoms with van der Waals surface area (Å²) < 4.78 is 14.7. The minimum Gasteiger partial charge on any atom is -0.268 e. The molecular weight excluding hydrogens is 399 g/mol. The predicted molar refractivity (Wildman–Crippen MR) is 120 cm³/mol. The van der Waals surface area contributed by atoms with Gasteiger partial charge in [0.05, 0.1) is 17.3 Å². The number of nitrogens with one attached hydrogen (secondary N) is 1. The van der Waals surface area contributed by atoms with E-state index in [1.165, 1.54) is 17.0 Å². The van der Waals surface area contributed by atoms with Crippen LogP contribution in [-0.4, -0.2) is 15.8 Å². The number of fused-ring (bicyclic) bond motifs is 3. The molecule has 2 aromatic heterocycles. The number of anilines is 1. The number of benzene rings is 2. The van der Waals surface area contributed by atoms with Gasteiger partial charge in [0.15, 0.2) is 0 Å². The first-order chi connectivity index (χ1) is 14.6. The van der Waals surface area contributed by atoms with Crippen LogP contribution in [0.5, 0.6) is 0 Å². The van der Waals surface area contributed by atoms with Gasteiger partial charge in [-0.3, -0.25) is 4.79 Å². The third kappa shape index (κ3) is 3.31. The van der Waals surface area contributed by atoms with Crippen molar-refractivity contribution in [2.24, 2.45) is 5.10 Å². The molecule has 5 rings (SSSR count). The molecule has 0 radical (unpaired) electrons. The van der Waals surface area contributed by atoms with Gasteiger partial charge in [-0.1, -0.05) is 29.8 Å². The van der Waals surface area contributed by atoms with Crippen LogP contribution in [-0.2, 0) is 12.8 Å². The first-order valence-electron chi connectivity index (χ1n) is 9.79. The Balaban J connectivity index is 1.62. The van der Waals surface area contributed by atoms with E-state index in [1.807, 2.05) is 31.2 Å². The second-order valence-electron chi connectivity index (χ2n) is 7.37. The van der Waals surface area contributed by atoms with Gasteiger partial charge in [0.25, 0.3) is 5.56 Å². The number of aryl methyl sites for hydroxylation is 3. The molecule has 0 saturated carbocycles. The zero-order valence-electron chi connectivity index (χ0n) is 16.4. The summed E-state index contributed by atoms with van der Waals surface area (Å²) in [7, 11) is 0. The zero-order valence-corrected chi connectivity index (χ0v) is 17.2. The van der Waals surface area contributed by atoms with Gasteiger partial charge >= 0.3 is 0 Å². The first-order valence-corrected chi connectivity index (χ1v) is 10.6. The minimum absolute atomic E-state index is 0.0808.